The van der Waals surface area contributed by atoms with Gasteiger partial charge >= 0.3 is 5.97 Å². The minimum Gasteiger partial charge on any atom is -0.481 e. The van der Waals surface area contributed by atoms with Gasteiger partial charge in [-0.15, -0.1) is 0 Å². The highest BCUT2D eigenvalue weighted by atomic mass is 16.4. The molecule has 1 N–H and O–H groups in total. The molecule has 4 heteroatoms. The number of carboxylic acid groups (broad SMARTS) is 1. The minimum absolute atomic E-state index is 0.0621. The highest BCUT2D eigenvalue weighted by Gasteiger charge is 2.17. The molecule has 0 atom stereocenters. The number of oxazole rings is 1. The van der Waals surface area contributed by atoms with Crippen LogP contribution in [-0.4, -0.2) is 16.1 Å². The van der Waals surface area contributed by atoms with Crippen LogP contribution in [0.4, 0.5) is 0 Å². The third-order valence-electron chi connectivity index (χ3n) is 3.74. The lowest BCUT2D eigenvalue weighted by Gasteiger charge is -2.04. The van der Waals surface area contributed by atoms with E-state index in [4.69, 9.17) is 9.52 Å². The molecule has 0 unspecified atom stereocenters. The number of benzene rings is 1. The summed E-state index contributed by atoms with van der Waals surface area (Å²) in [5.74, 6) is 0.433. The zero-order chi connectivity index (χ0) is 14.1. The summed E-state index contributed by atoms with van der Waals surface area (Å²) in [5.41, 5.74) is 4.62. The van der Waals surface area contributed by atoms with E-state index in [0.29, 0.717) is 18.1 Å². The van der Waals surface area contributed by atoms with Crippen molar-refractivity contribution in [2.24, 2.45) is 0 Å². The molecule has 3 rings (SSSR count). The maximum atomic E-state index is 10.7. The predicted molar refractivity (Wildman–Crippen MR) is 74.7 cm³/mol. The largest absolute Gasteiger partial charge is 0.481 e. The van der Waals surface area contributed by atoms with Crippen molar-refractivity contribution >= 4 is 5.97 Å². The summed E-state index contributed by atoms with van der Waals surface area (Å²) in [5, 5.41) is 8.81. The molecule has 0 fully saturated rings. The Morgan fingerprint density at radius 3 is 2.95 bits per heavy atom. The summed E-state index contributed by atoms with van der Waals surface area (Å²) in [6.07, 6.45) is 3.92. The van der Waals surface area contributed by atoms with Gasteiger partial charge in [-0.1, -0.05) is 12.1 Å². The first-order valence-corrected chi connectivity index (χ1v) is 6.94. The van der Waals surface area contributed by atoms with Crippen LogP contribution in [0.5, 0.6) is 0 Å². The standard InChI is InChI=1S/C16H17NO3/c1-10-17-16(14(20-10)7-8-15(18)19)13-6-5-11-3-2-4-12(11)9-13/h5-6,9H,2-4,7-8H2,1H3,(H,18,19). The Morgan fingerprint density at radius 2 is 2.15 bits per heavy atom. The highest BCUT2D eigenvalue weighted by Crippen LogP contribution is 2.30. The number of aromatic nitrogens is 1. The molecular weight excluding hydrogens is 254 g/mol. The second-order valence-corrected chi connectivity index (χ2v) is 5.24. The van der Waals surface area contributed by atoms with E-state index in [1.807, 2.05) is 0 Å². The number of nitrogens with zero attached hydrogens (tertiary/aromatic N) is 1. The van der Waals surface area contributed by atoms with Gasteiger partial charge in [0.25, 0.3) is 0 Å². The molecular formula is C16H17NO3. The summed E-state index contributed by atoms with van der Waals surface area (Å²) in [7, 11) is 0. The van der Waals surface area contributed by atoms with Crippen molar-refractivity contribution in [2.45, 2.75) is 39.0 Å². The average Bonchev–Trinajstić information content (AvgIpc) is 3.01. The first-order chi connectivity index (χ1) is 9.63. The van der Waals surface area contributed by atoms with Crippen molar-refractivity contribution in [3.05, 3.63) is 41.0 Å². The summed E-state index contributed by atoms with van der Waals surface area (Å²) in [4.78, 5) is 15.1. The smallest absolute Gasteiger partial charge is 0.303 e. The number of rotatable bonds is 4. The molecule has 4 nitrogen and oxygen atoms in total. The molecule has 0 amide bonds. The average molecular weight is 271 g/mol. The van der Waals surface area contributed by atoms with Gasteiger partial charge in [0.05, 0.1) is 6.42 Å². The van der Waals surface area contributed by atoms with Gasteiger partial charge in [0, 0.05) is 18.9 Å². The predicted octanol–water partition coefficient (Wildman–Crippen LogP) is 3.16. The van der Waals surface area contributed by atoms with E-state index in [1.165, 1.54) is 17.5 Å². The molecule has 1 aromatic carbocycles. The van der Waals surface area contributed by atoms with E-state index < -0.39 is 5.97 Å². The van der Waals surface area contributed by atoms with Gasteiger partial charge in [0.1, 0.15) is 11.5 Å². The number of fused-ring (bicyclic) bond motifs is 1. The molecule has 0 radical (unpaired) electrons. The molecule has 0 saturated carbocycles. The van der Waals surface area contributed by atoms with Crippen molar-refractivity contribution in [2.75, 3.05) is 0 Å². The van der Waals surface area contributed by atoms with Gasteiger partial charge in [0.15, 0.2) is 5.89 Å². The zero-order valence-corrected chi connectivity index (χ0v) is 11.5. The third kappa shape index (κ3) is 2.46. The topological polar surface area (TPSA) is 63.3 Å². The van der Waals surface area contributed by atoms with Gasteiger partial charge in [-0.2, -0.15) is 0 Å². The molecule has 1 heterocycles. The van der Waals surface area contributed by atoms with Crippen molar-refractivity contribution in [3.63, 3.8) is 0 Å². The molecule has 2 aromatic rings. The van der Waals surface area contributed by atoms with E-state index in [2.05, 4.69) is 23.2 Å². The van der Waals surface area contributed by atoms with Crippen molar-refractivity contribution in [1.82, 2.24) is 4.98 Å². The van der Waals surface area contributed by atoms with Crippen LogP contribution in [0.1, 0.15) is 35.6 Å². The summed E-state index contributed by atoms with van der Waals surface area (Å²) < 4.78 is 5.56. The van der Waals surface area contributed by atoms with Crippen LogP contribution in [0.25, 0.3) is 11.3 Å². The monoisotopic (exact) mass is 271 g/mol. The Bertz CT molecular complexity index is 658. The lowest BCUT2D eigenvalue weighted by molar-refractivity contribution is -0.137. The Morgan fingerprint density at radius 1 is 1.35 bits per heavy atom. The van der Waals surface area contributed by atoms with Gasteiger partial charge in [-0.3, -0.25) is 4.79 Å². The lowest BCUT2D eigenvalue weighted by Crippen LogP contribution is -1.98. The van der Waals surface area contributed by atoms with Crippen LogP contribution >= 0.6 is 0 Å². The molecule has 0 spiro atoms. The summed E-state index contributed by atoms with van der Waals surface area (Å²) >= 11 is 0. The second-order valence-electron chi connectivity index (χ2n) is 5.24. The zero-order valence-electron chi connectivity index (χ0n) is 11.5. The first-order valence-electron chi connectivity index (χ1n) is 6.94. The van der Waals surface area contributed by atoms with E-state index in [0.717, 1.165) is 24.1 Å². The number of aliphatic carboxylic acids is 1. The van der Waals surface area contributed by atoms with Crippen LogP contribution in [0.15, 0.2) is 22.6 Å². The SMILES string of the molecule is Cc1nc(-c2ccc3c(c2)CCC3)c(CCC(=O)O)o1. The summed E-state index contributed by atoms with van der Waals surface area (Å²) in [6.45, 7) is 1.79. The Hall–Kier alpha value is -2.10. The molecule has 104 valence electrons. The molecule has 20 heavy (non-hydrogen) atoms. The number of carboxylic acids is 1. The molecule has 0 aliphatic heterocycles. The van der Waals surface area contributed by atoms with Crippen LogP contribution in [0.3, 0.4) is 0 Å². The van der Waals surface area contributed by atoms with E-state index in [9.17, 15) is 4.79 Å². The second kappa shape index (κ2) is 5.12. The van der Waals surface area contributed by atoms with E-state index in [-0.39, 0.29) is 6.42 Å². The lowest BCUT2D eigenvalue weighted by atomic mass is 10.0. The van der Waals surface area contributed by atoms with Crippen LogP contribution in [0.2, 0.25) is 0 Å². The van der Waals surface area contributed by atoms with E-state index in [1.54, 1.807) is 6.92 Å². The molecule has 1 aliphatic rings. The molecule has 0 saturated heterocycles. The Labute approximate surface area is 117 Å². The van der Waals surface area contributed by atoms with Gasteiger partial charge in [0.2, 0.25) is 0 Å². The third-order valence-corrected chi connectivity index (χ3v) is 3.74. The number of hydrogen-bond donors (Lipinski definition) is 1. The molecule has 0 bridgehead atoms. The quantitative estimate of drug-likeness (QED) is 0.927. The maximum Gasteiger partial charge on any atom is 0.303 e. The highest BCUT2D eigenvalue weighted by molar-refractivity contribution is 5.68. The van der Waals surface area contributed by atoms with Gasteiger partial charge in [-0.05, 0) is 36.5 Å². The van der Waals surface area contributed by atoms with Crippen molar-refractivity contribution in [3.8, 4) is 11.3 Å². The van der Waals surface area contributed by atoms with Gasteiger partial charge < -0.3 is 9.52 Å². The van der Waals surface area contributed by atoms with Crippen LogP contribution in [-0.2, 0) is 24.1 Å². The number of hydrogen-bond acceptors (Lipinski definition) is 3. The summed E-state index contributed by atoms with van der Waals surface area (Å²) in [6, 6.07) is 6.39. The van der Waals surface area contributed by atoms with Crippen molar-refractivity contribution in [1.29, 1.82) is 0 Å². The number of carbonyl (C=O) groups is 1. The van der Waals surface area contributed by atoms with Gasteiger partial charge in [-0.25, -0.2) is 4.98 Å². The van der Waals surface area contributed by atoms with E-state index >= 15 is 0 Å². The Balaban J connectivity index is 1.95. The fourth-order valence-corrected chi connectivity index (χ4v) is 2.80. The molecule has 1 aromatic heterocycles. The maximum absolute atomic E-state index is 10.7. The normalized spacial score (nSPS) is 13.4. The fraction of sp³-hybridized carbons (Fsp3) is 0.375. The van der Waals surface area contributed by atoms with Crippen molar-refractivity contribution < 1.29 is 14.3 Å². The van der Waals surface area contributed by atoms with Crippen LogP contribution in [0, 0.1) is 6.92 Å². The Kier molecular flexibility index (Phi) is 3.30. The molecule has 1 aliphatic carbocycles. The minimum atomic E-state index is -0.820. The number of aryl methyl sites for hydroxylation is 4. The van der Waals surface area contributed by atoms with Crippen LogP contribution < -0.4 is 0 Å². The fourth-order valence-electron chi connectivity index (χ4n) is 2.80. The first kappa shape index (κ1) is 12.9.